The van der Waals surface area contributed by atoms with E-state index in [1.807, 2.05) is 0 Å². The standard InChI is InChI=1S/C7H14FN.FH/c1-6(2)9-4-3-7(8)5-9;/h6-7H,3-5H2,1-2H3;1H/t7-;/m0./s1. The minimum absolute atomic E-state index is 0. The fourth-order valence-electron chi connectivity index (χ4n) is 1.21. The molecule has 0 spiro atoms. The molecule has 1 atom stereocenters. The van der Waals surface area contributed by atoms with E-state index in [0.717, 1.165) is 13.0 Å². The van der Waals surface area contributed by atoms with Gasteiger partial charge in [0.2, 0.25) is 0 Å². The summed E-state index contributed by atoms with van der Waals surface area (Å²) < 4.78 is 12.5. The second-order valence-electron chi connectivity index (χ2n) is 2.97. The van der Waals surface area contributed by atoms with Crippen LogP contribution in [-0.4, -0.2) is 30.2 Å². The van der Waals surface area contributed by atoms with Gasteiger partial charge in [-0.1, -0.05) is 0 Å². The van der Waals surface area contributed by atoms with Crippen molar-refractivity contribution < 1.29 is 9.09 Å². The zero-order chi connectivity index (χ0) is 6.85. The molecule has 1 saturated heterocycles. The van der Waals surface area contributed by atoms with Crippen molar-refractivity contribution in [3.63, 3.8) is 0 Å². The molecule has 0 saturated carbocycles. The summed E-state index contributed by atoms with van der Waals surface area (Å²) in [6.45, 7) is 5.81. The van der Waals surface area contributed by atoms with Crippen molar-refractivity contribution in [2.24, 2.45) is 0 Å². The molecule has 0 aromatic carbocycles. The van der Waals surface area contributed by atoms with Crippen LogP contribution in [0.25, 0.3) is 0 Å². The largest absolute Gasteiger partial charge is 0.298 e. The normalized spacial score (nSPS) is 27.0. The fraction of sp³-hybridized carbons (Fsp3) is 1.00. The second kappa shape index (κ2) is 3.86. The monoisotopic (exact) mass is 151 g/mol. The first-order chi connectivity index (χ1) is 4.20. The van der Waals surface area contributed by atoms with Gasteiger partial charge in [0, 0.05) is 19.1 Å². The van der Waals surface area contributed by atoms with Gasteiger partial charge < -0.3 is 0 Å². The van der Waals surface area contributed by atoms with Gasteiger partial charge in [0.25, 0.3) is 0 Å². The maximum absolute atomic E-state index is 12.5. The maximum Gasteiger partial charge on any atom is 0.114 e. The molecule has 1 fully saturated rings. The van der Waals surface area contributed by atoms with Crippen LogP contribution in [0.2, 0.25) is 0 Å². The van der Waals surface area contributed by atoms with Gasteiger partial charge in [-0.05, 0) is 20.3 Å². The molecule has 0 aromatic heterocycles. The number of likely N-dealkylation sites (tertiary alicyclic amines) is 1. The van der Waals surface area contributed by atoms with E-state index in [4.69, 9.17) is 0 Å². The summed E-state index contributed by atoms with van der Waals surface area (Å²) in [5.41, 5.74) is 0. The van der Waals surface area contributed by atoms with Crippen LogP contribution < -0.4 is 0 Å². The van der Waals surface area contributed by atoms with Crippen molar-refractivity contribution in [2.45, 2.75) is 32.5 Å². The van der Waals surface area contributed by atoms with E-state index in [1.54, 1.807) is 0 Å². The highest BCUT2D eigenvalue weighted by atomic mass is 19.1. The van der Waals surface area contributed by atoms with Gasteiger partial charge in [-0.3, -0.25) is 9.60 Å². The Kier molecular flexibility index (Phi) is 3.79. The van der Waals surface area contributed by atoms with Crippen molar-refractivity contribution >= 4 is 0 Å². The zero-order valence-electron chi connectivity index (χ0n) is 6.51. The predicted molar refractivity (Wildman–Crippen MR) is 38.7 cm³/mol. The number of hydrogen-bond acceptors (Lipinski definition) is 1. The van der Waals surface area contributed by atoms with Crippen LogP contribution in [0, 0.1) is 0 Å². The molecule has 0 amide bonds. The van der Waals surface area contributed by atoms with Gasteiger partial charge in [0.15, 0.2) is 0 Å². The molecule has 0 radical (unpaired) electrons. The lowest BCUT2D eigenvalue weighted by Gasteiger charge is -2.18. The van der Waals surface area contributed by atoms with Crippen LogP contribution in [0.5, 0.6) is 0 Å². The molecule has 1 nitrogen and oxygen atoms in total. The van der Waals surface area contributed by atoms with Crippen molar-refractivity contribution in [3.8, 4) is 0 Å². The molecule has 62 valence electrons. The van der Waals surface area contributed by atoms with Gasteiger partial charge in [0.1, 0.15) is 6.17 Å². The molecule has 1 aliphatic heterocycles. The Bertz CT molecular complexity index is 95.6. The Morgan fingerprint density at radius 1 is 1.50 bits per heavy atom. The van der Waals surface area contributed by atoms with Crippen molar-refractivity contribution in [1.29, 1.82) is 0 Å². The Balaban J connectivity index is 0.000000810. The SMILES string of the molecule is CC(C)N1CC[C@H](F)C1.F. The minimum atomic E-state index is -0.563. The topological polar surface area (TPSA) is 3.24 Å². The smallest absolute Gasteiger partial charge is 0.114 e. The van der Waals surface area contributed by atoms with E-state index in [1.165, 1.54) is 0 Å². The van der Waals surface area contributed by atoms with E-state index >= 15 is 0 Å². The molecule has 3 heteroatoms. The second-order valence-corrected chi connectivity index (χ2v) is 2.97. The van der Waals surface area contributed by atoms with E-state index in [0.29, 0.717) is 12.6 Å². The number of alkyl halides is 1. The molecule has 10 heavy (non-hydrogen) atoms. The van der Waals surface area contributed by atoms with Crippen LogP contribution in [0.3, 0.4) is 0 Å². The molecule has 1 heterocycles. The molecule has 0 bridgehead atoms. The highest BCUT2D eigenvalue weighted by molar-refractivity contribution is 4.76. The average molecular weight is 151 g/mol. The predicted octanol–water partition coefficient (Wildman–Crippen LogP) is 1.59. The van der Waals surface area contributed by atoms with Gasteiger partial charge >= 0.3 is 0 Å². The number of halogens is 2. The third kappa shape index (κ3) is 2.21. The van der Waals surface area contributed by atoms with Crippen molar-refractivity contribution in [2.75, 3.05) is 13.1 Å². The molecule has 0 aliphatic carbocycles. The molecule has 1 aliphatic rings. The average Bonchev–Trinajstić information content (AvgIpc) is 2.14. The molecule has 0 aromatic rings. The van der Waals surface area contributed by atoms with Gasteiger partial charge in [-0.2, -0.15) is 0 Å². The summed E-state index contributed by atoms with van der Waals surface area (Å²) in [5.74, 6) is 0. The summed E-state index contributed by atoms with van der Waals surface area (Å²) in [6.07, 6.45) is 0.172. The van der Waals surface area contributed by atoms with Gasteiger partial charge in [-0.15, -0.1) is 0 Å². The quantitative estimate of drug-likeness (QED) is 0.550. The summed E-state index contributed by atoms with van der Waals surface area (Å²) in [4.78, 5) is 2.17. The summed E-state index contributed by atoms with van der Waals surface area (Å²) in [7, 11) is 0. The molecule has 1 rings (SSSR count). The maximum atomic E-state index is 12.5. The molecule has 0 unspecified atom stereocenters. The number of hydrogen-bond donors (Lipinski definition) is 0. The summed E-state index contributed by atoms with van der Waals surface area (Å²) >= 11 is 0. The zero-order valence-corrected chi connectivity index (χ0v) is 6.51. The van der Waals surface area contributed by atoms with Crippen LogP contribution in [0.1, 0.15) is 20.3 Å². The highest BCUT2D eigenvalue weighted by Gasteiger charge is 2.22. The van der Waals surface area contributed by atoms with Crippen LogP contribution in [0.4, 0.5) is 9.09 Å². The lowest BCUT2D eigenvalue weighted by molar-refractivity contribution is 0.246. The fourth-order valence-corrected chi connectivity index (χ4v) is 1.21. The lowest BCUT2D eigenvalue weighted by Crippen LogP contribution is -2.28. The third-order valence-corrected chi connectivity index (χ3v) is 1.89. The lowest BCUT2D eigenvalue weighted by atomic mass is 10.3. The first-order valence-corrected chi connectivity index (χ1v) is 3.58. The van der Waals surface area contributed by atoms with E-state index in [-0.39, 0.29) is 4.70 Å². The number of nitrogens with zero attached hydrogens (tertiary/aromatic N) is 1. The highest BCUT2D eigenvalue weighted by Crippen LogP contribution is 2.14. The Morgan fingerprint density at radius 3 is 2.30 bits per heavy atom. The Labute approximate surface area is 60.6 Å². The van der Waals surface area contributed by atoms with Crippen LogP contribution in [-0.2, 0) is 0 Å². The summed E-state index contributed by atoms with van der Waals surface area (Å²) in [5, 5.41) is 0. The summed E-state index contributed by atoms with van der Waals surface area (Å²) in [6, 6.07) is 0.519. The van der Waals surface area contributed by atoms with E-state index in [2.05, 4.69) is 18.7 Å². The van der Waals surface area contributed by atoms with Gasteiger partial charge in [0.05, 0.1) is 0 Å². The van der Waals surface area contributed by atoms with Crippen molar-refractivity contribution in [1.82, 2.24) is 4.90 Å². The molecular weight excluding hydrogens is 136 g/mol. The van der Waals surface area contributed by atoms with E-state index in [9.17, 15) is 4.39 Å². The Morgan fingerprint density at radius 2 is 2.10 bits per heavy atom. The van der Waals surface area contributed by atoms with E-state index < -0.39 is 6.17 Å². The minimum Gasteiger partial charge on any atom is -0.298 e. The number of rotatable bonds is 1. The first kappa shape index (κ1) is 9.82. The van der Waals surface area contributed by atoms with Crippen molar-refractivity contribution in [3.05, 3.63) is 0 Å². The first-order valence-electron chi connectivity index (χ1n) is 3.58. The molecular formula is C7H15F2N. The van der Waals surface area contributed by atoms with Gasteiger partial charge in [-0.25, -0.2) is 4.39 Å². The molecule has 0 N–H and O–H groups in total. The van der Waals surface area contributed by atoms with Crippen LogP contribution >= 0.6 is 0 Å². The Hall–Kier alpha value is -0.180. The third-order valence-electron chi connectivity index (χ3n) is 1.89. The van der Waals surface area contributed by atoms with Crippen LogP contribution in [0.15, 0.2) is 0 Å².